The molecule has 4 heteroatoms. The van der Waals surface area contributed by atoms with Gasteiger partial charge >= 0.3 is 0 Å². The first-order valence-electron chi connectivity index (χ1n) is 5.84. The molecular weight excluding hydrogens is 237 g/mol. The summed E-state index contributed by atoms with van der Waals surface area (Å²) in [4.78, 5) is 0. The molecule has 1 aliphatic carbocycles. The summed E-state index contributed by atoms with van der Waals surface area (Å²) in [7, 11) is 0. The van der Waals surface area contributed by atoms with Crippen LogP contribution in [0.2, 0.25) is 0 Å². The Bertz CT molecular complexity index is 416. The van der Waals surface area contributed by atoms with Crippen LogP contribution in [-0.2, 0) is 17.8 Å². The van der Waals surface area contributed by atoms with Gasteiger partial charge in [-0.2, -0.15) is 0 Å². The molecule has 0 amide bonds. The van der Waals surface area contributed by atoms with E-state index in [-0.39, 0.29) is 16.6 Å². The summed E-state index contributed by atoms with van der Waals surface area (Å²) in [6, 6.07) is 4.94. The summed E-state index contributed by atoms with van der Waals surface area (Å²) in [6.07, 6.45) is 1.74. The highest BCUT2D eigenvalue weighted by Gasteiger charge is 2.32. The van der Waals surface area contributed by atoms with Crippen LogP contribution in [-0.4, -0.2) is 9.30 Å². The standard InChI is InChI=1S/C13H18FNOS/c1-13(2,3)17(16)15-12-7-4-9-8-10(14)5-6-11(9)12/h5-6,8,12,15H,4,7H2,1-3H3/t12-,17?/m1/s1. The summed E-state index contributed by atoms with van der Waals surface area (Å²) in [5.74, 6) is -0.193. The minimum absolute atomic E-state index is 0.0886. The molecule has 1 unspecified atom stereocenters. The van der Waals surface area contributed by atoms with Crippen LogP contribution < -0.4 is 4.72 Å². The van der Waals surface area contributed by atoms with E-state index in [1.54, 1.807) is 12.1 Å². The third-order valence-corrected chi connectivity index (χ3v) is 4.60. The molecule has 2 atom stereocenters. The van der Waals surface area contributed by atoms with E-state index in [2.05, 4.69) is 4.72 Å². The largest absolute Gasteiger partial charge is 0.598 e. The Labute approximate surface area is 105 Å². The Morgan fingerprint density at radius 3 is 2.76 bits per heavy atom. The number of fused-ring (bicyclic) bond motifs is 1. The van der Waals surface area contributed by atoms with E-state index >= 15 is 0 Å². The Morgan fingerprint density at radius 1 is 1.41 bits per heavy atom. The molecule has 0 aromatic heterocycles. The molecular formula is C13H18FNOS. The fourth-order valence-corrected chi connectivity index (χ4v) is 2.87. The highest BCUT2D eigenvalue weighted by molar-refractivity contribution is 7.90. The molecule has 0 fully saturated rings. The Balaban J connectivity index is 2.12. The Hall–Kier alpha value is -0.580. The molecule has 2 nitrogen and oxygen atoms in total. The van der Waals surface area contributed by atoms with Gasteiger partial charge in [0.15, 0.2) is 0 Å². The van der Waals surface area contributed by atoms with Crippen molar-refractivity contribution in [3.05, 3.63) is 35.1 Å². The summed E-state index contributed by atoms with van der Waals surface area (Å²) in [5.41, 5.74) is 2.12. The number of nitrogens with one attached hydrogen (secondary N) is 1. The Kier molecular flexibility index (Phi) is 3.48. The average Bonchev–Trinajstić information content (AvgIpc) is 2.59. The SMILES string of the molecule is CC(C)(C)[S+]([O-])N[C@@H]1CCc2cc(F)ccc21. The van der Waals surface area contributed by atoms with Gasteiger partial charge < -0.3 is 4.55 Å². The molecule has 94 valence electrons. The summed E-state index contributed by atoms with van der Waals surface area (Å²) in [5, 5.41) is 0. The van der Waals surface area contributed by atoms with Crippen LogP contribution in [0.5, 0.6) is 0 Å². The van der Waals surface area contributed by atoms with Crippen molar-refractivity contribution in [3.63, 3.8) is 0 Å². The first kappa shape index (κ1) is 12.9. The van der Waals surface area contributed by atoms with Crippen molar-refractivity contribution < 1.29 is 8.94 Å². The lowest BCUT2D eigenvalue weighted by atomic mass is 10.1. The molecule has 0 spiro atoms. The van der Waals surface area contributed by atoms with Gasteiger partial charge in [0.1, 0.15) is 10.6 Å². The summed E-state index contributed by atoms with van der Waals surface area (Å²) >= 11 is -1.08. The maximum Gasteiger partial charge on any atom is 0.136 e. The maximum atomic E-state index is 13.1. The van der Waals surface area contributed by atoms with Crippen molar-refractivity contribution in [1.82, 2.24) is 4.72 Å². The molecule has 2 rings (SSSR count). The number of hydrogen-bond donors (Lipinski definition) is 1. The van der Waals surface area contributed by atoms with Gasteiger partial charge in [-0.3, -0.25) is 0 Å². The first-order valence-corrected chi connectivity index (χ1v) is 6.99. The molecule has 1 N–H and O–H groups in total. The molecule has 0 saturated heterocycles. The first-order chi connectivity index (χ1) is 7.88. The number of aryl methyl sites for hydroxylation is 1. The van der Waals surface area contributed by atoms with E-state index in [0.717, 1.165) is 24.0 Å². The molecule has 0 bridgehead atoms. The van der Waals surface area contributed by atoms with Crippen molar-refractivity contribution >= 4 is 11.4 Å². The van der Waals surface area contributed by atoms with Crippen molar-refractivity contribution in [3.8, 4) is 0 Å². The predicted molar refractivity (Wildman–Crippen MR) is 68.5 cm³/mol. The molecule has 0 radical (unpaired) electrons. The van der Waals surface area contributed by atoms with E-state index < -0.39 is 11.4 Å². The fraction of sp³-hybridized carbons (Fsp3) is 0.538. The summed E-state index contributed by atoms with van der Waals surface area (Å²) < 4.78 is 28.0. The lowest BCUT2D eigenvalue weighted by Crippen LogP contribution is -2.40. The number of halogens is 1. The zero-order chi connectivity index (χ0) is 12.6. The highest BCUT2D eigenvalue weighted by Crippen LogP contribution is 2.33. The molecule has 1 aromatic carbocycles. The van der Waals surface area contributed by atoms with Crippen LogP contribution in [0.3, 0.4) is 0 Å². The van der Waals surface area contributed by atoms with Gasteiger partial charge in [0.2, 0.25) is 0 Å². The second-order valence-corrected chi connectivity index (χ2v) is 7.43. The number of rotatable bonds is 2. The number of hydrogen-bond acceptors (Lipinski definition) is 2. The third kappa shape index (κ3) is 2.81. The van der Waals surface area contributed by atoms with Crippen molar-refractivity contribution in [1.29, 1.82) is 0 Å². The van der Waals surface area contributed by atoms with Crippen LogP contribution in [0.25, 0.3) is 0 Å². The van der Waals surface area contributed by atoms with Gasteiger partial charge in [-0.05, 0) is 56.9 Å². The van der Waals surface area contributed by atoms with Crippen molar-refractivity contribution in [2.45, 2.75) is 44.4 Å². The second-order valence-electron chi connectivity index (χ2n) is 5.43. The zero-order valence-corrected chi connectivity index (χ0v) is 11.2. The Morgan fingerprint density at radius 2 is 2.12 bits per heavy atom. The van der Waals surface area contributed by atoms with Crippen LogP contribution in [0.4, 0.5) is 4.39 Å². The van der Waals surface area contributed by atoms with Crippen molar-refractivity contribution in [2.24, 2.45) is 0 Å². The van der Waals surface area contributed by atoms with Gasteiger partial charge in [-0.15, -0.1) is 4.72 Å². The average molecular weight is 255 g/mol. The van der Waals surface area contributed by atoms with E-state index in [9.17, 15) is 8.94 Å². The molecule has 0 aliphatic heterocycles. The lowest BCUT2D eigenvalue weighted by molar-refractivity contribution is 0.522. The van der Waals surface area contributed by atoms with Crippen LogP contribution >= 0.6 is 0 Å². The van der Waals surface area contributed by atoms with Crippen LogP contribution in [0.1, 0.15) is 44.4 Å². The lowest BCUT2D eigenvalue weighted by Gasteiger charge is -2.26. The van der Waals surface area contributed by atoms with Gasteiger partial charge in [0, 0.05) is 11.4 Å². The molecule has 0 saturated carbocycles. The highest BCUT2D eigenvalue weighted by atomic mass is 32.2. The molecule has 17 heavy (non-hydrogen) atoms. The van der Waals surface area contributed by atoms with Gasteiger partial charge in [0.05, 0.1) is 6.04 Å². The van der Waals surface area contributed by atoms with E-state index in [0.29, 0.717) is 0 Å². The van der Waals surface area contributed by atoms with Gasteiger partial charge in [-0.1, -0.05) is 6.07 Å². The third-order valence-electron chi connectivity index (χ3n) is 2.99. The zero-order valence-electron chi connectivity index (χ0n) is 10.4. The summed E-state index contributed by atoms with van der Waals surface area (Å²) in [6.45, 7) is 5.82. The normalized spacial score (nSPS) is 21.4. The second kappa shape index (κ2) is 4.59. The smallest absolute Gasteiger partial charge is 0.136 e. The maximum absolute atomic E-state index is 13.1. The van der Waals surface area contributed by atoms with Gasteiger partial charge in [0.25, 0.3) is 0 Å². The van der Waals surface area contributed by atoms with Gasteiger partial charge in [-0.25, -0.2) is 4.39 Å². The molecule has 1 aromatic rings. The minimum Gasteiger partial charge on any atom is -0.598 e. The van der Waals surface area contributed by atoms with Crippen molar-refractivity contribution in [2.75, 3.05) is 0 Å². The monoisotopic (exact) mass is 255 g/mol. The molecule has 1 aliphatic rings. The predicted octanol–water partition coefficient (Wildman–Crippen LogP) is 2.86. The fourth-order valence-electron chi connectivity index (χ4n) is 2.01. The van der Waals surface area contributed by atoms with E-state index in [4.69, 9.17) is 0 Å². The minimum atomic E-state index is -1.08. The van der Waals surface area contributed by atoms with E-state index in [1.165, 1.54) is 6.07 Å². The van der Waals surface area contributed by atoms with E-state index in [1.807, 2.05) is 20.8 Å². The number of benzene rings is 1. The van der Waals surface area contributed by atoms with Crippen LogP contribution in [0.15, 0.2) is 18.2 Å². The van der Waals surface area contributed by atoms with Crippen LogP contribution in [0, 0.1) is 5.82 Å². The quantitative estimate of drug-likeness (QED) is 0.825. The topological polar surface area (TPSA) is 35.1 Å². The molecule has 0 heterocycles.